The van der Waals surface area contributed by atoms with Gasteiger partial charge in [-0.25, -0.2) is 9.55 Å². The first-order chi connectivity index (χ1) is 7.29. The van der Waals surface area contributed by atoms with Crippen LogP contribution in [0.25, 0.3) is 10.6 Å². The van der Waals surface area contributed by atoms with Gasteiger partial charge in [0.15, 0.2) is 18.9 Å². The first kappa shape index (κ1) is 13.0. The molecule has 2 rings (SSSR count). The van der Waals surface area contributed by atoms with Crippen molar-refractivity contribution in [1.82, 2.24) is 9.36 Å². The van der Waals surface area contributed by atoms with E-state index in [2.05, 4.69) is 26.7 Å². The predicted molar refractivity (Wildman–Crippen MR) is 60.5 cm³/mol. The first-order valence-corrected chi connectivity index (χ1v) is 5.47. The molecule has 0 radical (unpaired) electrons. The van der Waals surface area contributed by atoms with E-state index in [-0.39, 0.29) is 17.0 Å². The van der Waals surface area contributed by atoms with Gasteiger partial charge in [0.1, 0.15) is 10.8 Å². The van der Waals surface area contributed by atoms with Crippen LogP contribution in [-0.4, -0.2) is 9.36 Å². The molecule has 0 aliphatic carbocycles. The largest absolute Gasteiger partial charge is 1.00 e. The lowest BCUT2D eigenvalue weighted by Crippen LogP contribution is -3.00. The lowest BCUT2D eigenvalue weighted by molar-refractivity contribution is -0.686. The highest BCUT2D eigenvalue weighted by Crippen LogP contribution is 2.18. The van der Waals surface area contributed by atoms with E-state index >= 15 is 0 Å². The molecule has 0 amide bonds. The van der Waals surface area contributed by atoms with Crippen molar-refractivity contribution in [3.8, 4) is 10.6 Å². The highest BCUT2D eigenvalue weighted by Gasteiger charge is 2.07. The Hall–Kier alpha value is -1.07. The topological polar surface area (TPSA) is 29.7 Å². The van der Waals surface area contributed by atoms with Gasteiger partial charge in [0.25, 0.3) is 0 Å². The van der Waals surface area contributed by atoms with Crippen molar-refractivity contribution in [1.29, 1.82) is 0 Å². The van der Waals surface area contributed by atoms with Gasteiger partial charge in [-0.3, -0.25) is 0 Å². The van der Waals surface area contributed by atoms with Gasteiger partial charge in [0.2, 0.25) is 0 Å². The smallest absolute Gasteiger partial charge is 0.179 e. The number of nitrogens with zero attached hydrogens (tertiary/aromatic N) is 3. The molecular weight excluding hydrogens is 286 g/mol. The zero-order valence-corrected chi connectivity index (χ0v) is 11.3. The van der Waals surface area contributed by atoms with E-state index < -0.39 is 0 Å². The maximum atomic E-state index is 4.35. The average Bonchev–Trinajstić information content (AvgIpc) is 2.66. The molecule has 0 saturated heterocycles. The number of aryl methyl sites for hydroxylation is 1. The Labute approximate surface area is 109 Å². The lowest BCUT2D eigenvalue weighted by Gasteiger charge is -1.94. The Morgan fingerprint density at radius 3 is 3.00 bits per heavy atom. The van der Waals surface area contributed by atoms with Crippen molar-refractivity contribution in [2.45, 2.75) is 13.5 Å². The Balaban J connectivity index is 0.00000128. The third-order valence-electron chi connectivity index (χ3n) is 1.97. The van der Waals surface area contributed by atoms with E-state index in [1.807, 2.05) is 31.3 Å². The number of pyridine rings is 1. The molecule has 16 heavy (non-hydrogen) atoms. The van der Waals surface area contributed by atoms with Crippen molar-refractivity contribution >= 4 is 11.5 Å². The zero-order chi connectivity index (χ0) is 10.7. The molecule has 0 spiro atoms. The second kappa shape index (κ2) is 5.86. The molecule has 0 aromatic carbocycles. The number of allylic oxidation sites excluding steroid dienone is 1. The molecule has 0 fully saturated rings. The van der Waals surface area contributed by atoms with Crippen LogP contribution < -0.4 is 21.5 Å². The van der Waals surface area contributed by atoms with Crippen LogP contribution in [0.3, 0.4) is 0 Å². The molecule has 2 aromatic rings. The van der Waals surface area contributed by atoms with E-state index in [1.165, 1.54) is 11.5 Å². The summed E-state index contributed by atoms with van der Waals surface area (Å²) in [5.41, 5.74) is 1.10. The summed E-state index contributed by atoms with van der Waals surface area (Å²) in [6, 6.07) is 4.05. The predicted octanol–water partition coefficient (Wildman–Crippen LogP) is -1.01. The summed E-state index contributed by atoms with van der Waals surface area (Å²) in [4.78, 5) is 4.35. The Bertz CT molecular complexity index is 482. The normalized spacial score (nSPS) is 9.56. The fourth-order valence-corrected chi connectivity index (χ4v) is 1.98. The lowest BCUT2D eigenvalue weighted by atomic mass is 10.3. The third kappa shape index (κ3) is 2.96. The van der Waals surface area contributed by atoms with Crippen LogP contribution in [0, 0.1) is 6.92 Å². The minimum absolute atomic E-state index is 0. The third-order valence-corrected chi connectivity index (χ3v) is 2.83. The molecule has 0 bridgehead atoms. The van der Waals surface area contributed by atoms with Gasteiger partial charge >= 0.3 is 0 Å². The highest BCUT2D eigenvalue weighted by atomic mass is 79.9. The summed E-state index contributed by atoms with van der Waals surface area (Å²) in [5, 5.41) is 0.964. The van der Waals surface area contributed by atoms with E-state index in [9.17, 15) is 0 Å². The minimum atomic E-state index is 0. The Kier molecular flexibility index (Phi) is 4.76. The second-order valence-electron chi connectivity index (χ2n) is 3.22. The molecule has 0 unspecified atom stereocenters. The Morgan fingerprint density at radius 2 is 2.38 bits per heavy atom. The number of hydrogen-bond acceptors (Lipinski definition) is 3. The first-order valence-electron chi connectivity index (χ1n) is 4.70. The molecular formula is C11H12BrN3S. The summed E-state index contributed by atoms with van der Waals surface area (Å²) in [6.45, 7) is 6.43. The van der Waals surface area contributed by atoms with Gasteiger partial charge < -0.3 is 17.0 Å². The molecule has 2 heterocycles. The monoisotopic (exact) mass is 297 g/mol. The van der Waals surface area contributed by atoms with Crippen molar-refractivity contribution in [2.24, 2.45) is 0 Å². The summed E-state index contributed by atoms with van der Waals surface area (Å²) < 4.78 is 6.24. The van der Waals surface area contributed by atoms with Crippen LogP contribution in [0.4, 0.5) is 0 Å². The van der Waals surface area contributed by atoms with Crippen LogP contribution >= 0.6 is 11.5 Å². The number of hydrogen-bond donors (Lipinski definition) is 0. The van der Waals surface area contributed by atoms with Crippen molar-refractivity contribution in [3.05, 3.63) is 43.0 Å². The second-order valence-corrected chi connectivity index (χ2v) is 3.98. The molecule has 5 heteroatoms. The van der Waals surface area contributed by atoms with Gasteiger partial charge in [-0.2, -0.15) is 4.37 Å². The molecule has 0 N–H and O–H groups in total. The van der Waals surface area contributed by atoms with Crippen molar-refractivity contribution in [2.75, 3.05) is 0 Å². The van der Waals surface area contributed by atoms with E-state index in [0.29, 0.717) is 0 Å². The molecule has 0 atom stereocenters. The molecule has 2 aromatic heterocycles. The fraction of sp³-hybridized carbons (Fsp3) is 0.182. The zero-order valence-electron chi connectivity index (χ0n) is 8.93. The van der Waals surface area contributed by atoms with Gasteiger partial charge in [-0.15, -0.1) is 0 Å². The number of rotatable bonds is 3. The van der Waals surface area contributed by atoms with E-state index in [0.717, 1.165) is 22.9 Å². The van der Waals surface area contributed by atoms with E-state index in [1.54, 1.807) is 0 Å². The van der Waals surface area contributed by atoms with Crippen LogP contribution in [-0.2, 0) is 6.54 Å². The SMILES string of the molecule is C=CC[n+]1cccc(-c2nc(C)ns2)c1.[Br-]. The van der Waals surface area contributed by atoms with Crippen molar-refractivity contribution < 1.29 is 21.5 Å². The molecule has 0 saturated carbocycles. The van der Waals surface area contributed by atoms with Crippen LogP contribution in [0.5, 0.6) is 0 Å². The van der Waals surface area contributed by atoms with Crippen LogP contribution in [0.1, 0.15) is 5.82 Å². The molecule has 3 nitrogen and oxygen atoms in total. The summed E-state index contributed by atoms with van der Waals surface area (Å²) >= 11 is 1.43. The molecule has 0 aliphatic heterocycles. The summed E-state index contributed by atoms with van der Waals surface area (Å²) in [5.74, 6) is 0.828. The van der Waals surface area contributed by atoms with Gasteiger partial charge in [-0.1, -0.05) is 6.58 Å². The molecule has 84 valence electrons. The van der Waals surface area contributed by atoms with E-state index in [4.69, 9.17) is 0 Å². The highest BCUT2D eigenvalue weighted by molar-refractivity contribution is 7.09. The standard InChI is InChI=1S/C11H12N3S.BrH/c1-3-6-14-7-4-5-10(8-14)11-12-9(2)13-15-11;/h3-5,7-8H,1,6H2,2H3;1H/q+1;/p-1. The molecule has 0 aliphatic rings. The van der Waals surface area contributed by atoms with Crippen molar-refractivity contribution in [3.63, 3.8) is 0 Å². The maximum absolute atomic E-state index is 4.35. The fourth-order valence-electron chi connectivity index (χ4n) is 1.33. The number of aromatic nitrogens is 3. The minimum Gasteiger partial charge on any atom is -1.00 e. The quantitative estimate of drug-likeness (QED) is 0.537. The average molecular weight is 298 g/mol. The summed E-state index contributed by atoms with van der Waals surface area (Å²) in [6.07, 6.45) is 5.94. The van der Waals surface area contributed by atoms with Gasteiger partial charge in [0, 0.05) is 6.07 Å². The number of halogens is 1. The van der Waals surface area contributed by atoms with Crippen LogP contribution in [0.15, 0.2) is 37.2 Å². The maximum Gasteiger partial charge on any atom is 0.179 e. The van der Waals surface area contributed by atoms with Gasteiger partial charge in [-0.05, 0) is 30.6 Å². The van der Waals surface area contributed by atoms with Gasteiger partial charge in [0.05, 0.1) is 5.56 Å². The Morgan fingerprint density at radius 1 is 1.56 bits per heavy atom. The van der Waals surface area contributed by atoms with Crippen LogP contribution in [0.2, 0.25) is 0 Å². The summed E-state index contributed by atoms with van der Waals surface area (Å²) in [7, 11) is 0.